The van der Waals surface area contributed by atoms with Crippen molar-refractivity contribution in [2.24, 2.45) is 5.92 Å². The summed E-state index contributed by atoms with van der Waals surface area (Å²) in [7, 11) is 0. The molecule has 2 heterocycles. The van der Waals surface area contributed by atoms with Gasteiger partial charge >= 0.3 is 0 Å². The number of hydrogen-bond acceptors (Lipinski definition) is 4. The Hall–Kier alpha value is -2.53. The largest absolute Gasteiger partial charge is 0.374 e. The fourth-order valence-electron chi connectivity index (χ4n) is 4.91. The fourth-order valence-corrected chi connectivity index (χ4v) is 4.91. The van der Waals surface area contributed by atoms with E-state index in [-0.39, 0.29) is 5.78 Å². The summed E-state index contributed by atoms with van der Waals surface area (Å²) in [5.41, 5.74) is 3.09. The van der Waals surface area contributed by atoms with Crippen molar-refractivity contribution in [2.45, 2.75) is 25.6 Å². The second-order valence-corrected chi connectivity index (χ2v) is 8.71. The van der Waals surface area contributed by atoms with Gasteiger partial charge in [-0.2, -0.15) is 0 Å². The van der Waals surface area contributed by atoms with Gasteiger partial charge in [0.15, 0.2) is 5.78 Å². The topological polar surface area (TPSA) is 43.8 Å². The molecular formula is C26H28N2O2. The number of carbonyl (C=O) groups excluding carboxylic acids is 1. The van der Waals surface area contributed by atoms with Gasteiger partial charge in [-0.1, -0.05) is 60.7 Å². The maximum Gasteiger partial charge on any atom is 0.176 e. The lowest BCUT2D eigenvalue weighted by molar-refractivity contribution is -0.00352. The van der Waals surface area contributed by atoms with Crippen LogP contribution in [0.4, 0.5) is 0 Å². The quantitative estimate of drug-likeness (QED) is 0.651. The van der Waals surface area contributed by atoms with E-state index in [2.05, 4.69) is 28.0 Å². The van der Waals surface area contributed by atoms with Gasteiger partial charge in [-0.15, -0.1) is 0 Å². The molecular weight excluding hydrogens is 372 g/mol. The minimum absolute atomic E-state index is 0.199. The van der Waals surface area contributed by atoms with Crippen LogP contribution >= 0.6 is 0 Å². The van der Waals surface area contributed by atoms with Gasteiger partial charge in [0.2, 0.25) is 0 Å². The molecule has 0 amide bonds. The van der Waals surface area contributed by atoms with Crippen LogP contribution in [-0.4, -0.2) is 46.9 Å². The van der Waals surface area contributed by atoms with E-state index in [0.717, 1.165) is 55.5 Å². The van der Waals surface area contributed by atoms with Crippen molar-refractivity contribution in [2.75, 3.05) is 26.2 Å². The van der Waals surface area contributed by atoms with Crippen molar-refractivity contribution < 1.29 is 9.90 Å². The average Bonchev–Trinajstić information content (AvgIpc) is 3.10. The predicted octanol–water partition coefficient (Wildman–Crippen LogP) is 4.24. The molecule has 0 saturated carbocycles. The Kier molecular flexibility index (Phi) is 5.38. The molecule has 0 bridgehead atoms. The summed E-state index contributed by atoms with van der Waals surface area (Å²) in [6.45, 7) is 4.13. The minimum atomic E-state index is -0.478. The molecule has 1 atom stereocenters. The normalized spacial score (nSPS) is 20.5. The molecule has 154 valence electrons. The van der Waals surface area contributed by atoms with Crippen LogP contribution in [0, 0.1) is 5.92 Å². The monoisotopic (exact) mass is 400 g/mol. The van der Waals surface area contributed by atoms with Crippen LogP contribution in [0.5, 0.6) is 0 Å². The number of Topliss-reactive ketones (excluding diaryl/α,β-unsaturated/α-hetero) is 1. The van der Waals surface area contributed by atoms with Gasteiger partial charge < -0.3 is 5.11 Å². The van der Waals surface area contributed by atoms with Gasteiger partial charge in [-0.3, -0.25) is 14.6 Å². The van der Waals surface area contributed by atoms with Gasteiger partial charge in [0, 0.05) is 18.7 Å². The summed E-state index contributed by atoms with van der Waals surface area (Å²) in [5.74, 6) is 0.769. The zero-order valence-corrected chi connectivity index (χ0v) is 17.2. The van der Waals surface area contributed by atoms with Crippen LogP contribution in [0.3, 0.4) is 0 Å². The summed E-state index contributed by atoms with van der Waals surface area (Å²) in [5, 5.41) is 12.9. The molecule has 3 aromatic carbocycles. The second kappa shape index (κ2) is 8.31. The molecule has 2 aliphatic rings. The Bertz CT molecular complexity index is 1060. The van der Waals surface area contributed by atoms with Crippen molar-refractivity contribution in [1.82, 2.24) is 9.80 Å². The lowest BCUT2D eigenvalue weighted by atomic mass is 9.95. The van der Waals surface area contributed by atoms with Gasteiger partial charge in [0.25, 0.3) is 0 Å². The zero-order chi connectivity index (χ0) is 20.5. The van der Waals surface area contributed by atoms with Crippen LogP contribution in [0.1, 0.15) is 40.6 Å². The van der Waals surface area contributed by atoms with Crippen LogP contribution in [0.2, 0.25) is 0 Å². The number of fused-ring (bicyclic) bond motifs is 2. The van der Waals surface area contributed by atoms with E-state index in [4.69, 9.17) is 0 Å². The molecule has 0 aliphatic carbocycles. The highest BCUT2D eigenvalue weighted by molar-refractivity contribution is 6.01. The van der Waals surface area contributed by atoms with E-state index in [1.165, 1.54) is 10.9 Å². The molecule has 30 heavy (non-hydrogen) atoms. The highest BCUT2D eigenvalue weighted by Crippen LogP contribution is 2.33. The summed E-state index contributed by atoms with van der Waals surface area (Å²) >= 11 is 0. The summed E-state index contributed by atoms with van der Waals surface area (Å²) in [4.78, 5) is 17.3. The third-order valence-electron chi connectivity index (χ3n) is 6.69. The molecule has 0 aromatic heterocycles. The van der Waals surface area contributed by atoms with Crippen molar-refractivity contribution >= 4 is 16.6 Å². The van der Waals surface area contributed by atoms with E-state index < -0.39 is 6.23 Å². The van der Waals surface area contributed by atoms with Crippen molar-refractivity contribution in [1.29, 1.82) is 0 Å². The van der Waals surface area contributed by atoms with E-state index in [0.29, 0.717) is 12.5 Å². The molecule has 1 saturated heterocycles. The highest BCUT2D eigenvalue weighted by Gasteiger charge is 2.31. The van der Waals surface area contributed by atoms with E-state index in [1.807, 2.05) is 48.5 Å². The number of piperidine rings is 1. The number of benzene rings is 3. The molecule has 2 aliphatic heterocycles. The van der Waals surface area contributed by atoms with Gasteiger partial charge in [-0.05, 0) is 59.8 Å². The lowest BCUT2D eigenvalue weighted by Gasteiger charge is -2.34. The minimum Gasteiger partial charge on any atom is -0.374 e. The first-order chi connectivity index (χ1) is 14.7. The smallest absolute Gasteiger partial charge is 0.176 e. The molecule has 1 unspecified atom stereocenters. The number of hydrogen-bond donors (Lipinski definition) is 1. The van der Waals surface area contributed by atoms with Crippen molar-refractivity contribution in [3.63, 3.8) is 0 Å². The number of carbonyl (C=O) groups is 1. The molecule has 3 aromatic rings. The Morgan fingerprint density at radius 3 is 2.47 bits per heavy atom. The maximum atomic E-state index is 12.8. The van der Waals surface area contributed by atoms with Gasteiger partial charge in [0.1, 0.15) is 6.23 Å². The Morgan fingerprint density at radius 1 is 0.933 bits per heavy atom. The van der Waals surface area contributed by atoms with E-state index in [1.54, 1.807) is 0 Å². The van der Waals surface area contributed by atoms with Crippen LogP contribution < -0.4 is 0 Å². The van der Waals surface area contributed by atoms with E-state index in [9.17, 15) is 9.90 Å². The standard InChI is InChI=1S/C26H28N2O2/c29-25(22-10-9-20-5-1-2-6-21(20)15-22)18-27-13-11-19(12-14-27)16-28-17-23-7-3-4-8-24(23)26(28)30/h1-10,15,19,26,30H,11-14,16-18H2. The summed E-state index contributed by atoms with van der Waals surface area (Å²) in [6.07, 6.45) is 1.67. The number of ketones is 1. The maximum absolute atomic E-state index is 12.8. The first-order valence-electron chi connectivity index (χ1n) is 10.9. The molecule has 5 rings (SSSR count). The molecule has 1 N–H and O–H groups in total. The first kappa shape index (κ1) is 19.4. The molecule has 4 heteroatoms. The van der Waals surface area contributed by atoms with Gasteiger partial charge in [-0.25, -0.2) is 0 Å². The fraction of sp³-hybridized carbons (Fsp3) is 0.346. The zero-order valence-electron chi connectivity index (χ0n) is 17.2. The second-order valence-electron chi connectivity index (χ2n) is 8.71. The number of aliphatic hydroxyl groups is 1. The summed E-state index contributed by atoms with van der Waals surface area (Å²) in [6, 6.07) is 22.3. The highest BCUT2D eigenvalue weighted by atomic mass is 16.3. The molecule has 1 fully saturated rings. The number of likely N-dealkylation sites (tertiary alicyclic amines) is 1. The molecule has 0 spiro atoms. The first-order valence-corrected chi connectivity index (χ1v) is 10.9. The number of nitrogens with zero attached hydrogens (tertiary/aromatic N) is 2. The molecule has 4 nitrogen and oxygen atoms in total. The third kappa shape index (κ3) is 3.91. The Balaban J connectivity index is 1.14. The Labute approximate surface area is 177 Å². The third-order valence-corrected chi connectivity index (χ3v) is 6.69. The number of aliphatic hydroxyl groups excluding tert-OH is 1. The van der Waals surface area contributed by atoms with Crippen LogP contribution in [-0.2, 0) is 6.54 Å². The van der Waals surface area contributed by atoms with Crippen LogP contribution in [0.25, 0.3) is 10.8 Å². The van der Waals surface area contributed by atoms with E-state index >= 15 is 0 Å². The average molecular weight is 401 g/mol. The van der Waals surface area contributed by atoms with Gasteiger partial charge in [0.05, 0.1) is 6.54 Å². The molecule has 0 radical (unpaired) electrons. The number of rotatable bonds is 5. The summed E-state index contributed by atoms with van der Waals surface area (Å²) < 4.78 is 0. The van der Waals surface area contributed by atoms with Crippen molar-refractivity contribution in [3.8, 4) is 0 Å². The predicted molar refractivity (Wildman–Crippen MR) is 119 cm³/mol. The Morgan fingerprint density at radius 2 is 1.67 bits per heavy atom. The lowest BCUT2D eigenvalue weighted by Crippen LogP contribution is -2.40. The van der Waals surface area contributed by atoms with Crippen LogP contribution in [0.15, 0.2) is 66.7 Å². The van der Waals surface area contributed by atoms with Crippen molar-refractivity contribution in [3.05, 3.63) is 83.4 Å². The SMILES string of the molecule is O=C(CN1CCC(CN2Cc3ccccc3C2O)CC1)c1ccc2ccccc2c1.